The Balaban J connectivity index is 1.28. The molecule has 1 aliphatic carbocycles. The number of aliphatic hydroxyl groups is 3. The van der Waals surface area contributed by atoms with Crippen molar-refractivity contribution in [2.24, 2.45) is 0 Å². The van der Waals surface area contributed by atoms with Gasteiger partial charge in [-0.1, -0.05) is 43.3 Å². The molecule has 0 radical (unpaired) electrons. The maximum Gasteiger partial charge on any atom is 0.343 e. The molecule has 1 spiro atoms. The summed E-state index contributed by atoms with van der Waals surface area (Å²) in [4.78, 5) is 12.8. The Morgan fingerprint density at radius 1 is 0.984 bits per heavy atom. The average Bonchev–Trinajstić information content (AvgIpc) is 3.66. The molecule has 7 aliphatic rings. The molecular weight excluding hydrogens is 787 g/mol. The van der Waals surface area contributed by atoms with Gasteiger partial charge in [-0.3, -0.25) is 0 Å². The first-order valence-electron chi connectivity index (χ1n) is 20.7. The summed E-state index contributed by atoms with van der Waals surface area (Å²) in [6.07, 6.45) is -3.06. The van der Waals surface area contributed by atoms with Crippen molar-refractivity contribution in [1.29, 1.82) is 0 Å². The van der Waals surface area contributed by atoms with E-state index in [1.807, 2.05) is 19.2 Å². The number of aliphatic hydroxyl groups excluding tert-OH is 3. The van der Waals surface area contributed by atoms with Crippen LogP contribution in [-0.2, 0) is 22.5 Å². The van der Waals surface area contributed by atoms with E-state index in [0.717, 1.165) is 40.8 Å². The molecule has 0 aromatic heterocycles. The number of ether oxygens (including phenoxy) is 6. The van der Waals surface area contributed by atoms with E-state index < -0.39 is 59.8 Å². The number of hydrogen-bond acceptors (Lipinski definition) is 14. The van der Waals surface area contributed by atoms with Gasteiger partial charge in [0.25, 0.3) is 5.79 Å². The number of benzene rings is 4. The largest absolute Gasteiger partial charge is 0.508 e. The van der Waals surface area contributed by atoms with E-state index in [-0.39, 0.29) is 17.4 Å². The number of hydrogen-bond donors (Lipinski definition) is 8. The van der Waals surface area contributed by atoms with Crippen LogP contribution in [0.2, 0.25) is 0 Å². The van der Waals surface area contributed by atoms with Gasteiger partial charge < -0.3 is 69.9 Å². The second-order valence-corrected chi connectivity index (χ2v) is 16.7. The number of fused-ring (bicyclic) bond motifs is 3. The van der Waals surface area contributed by atoms with Crippen molar-refractivity contribution in [1.82, 2.24) is 10.6 Å². The molecule has 320 valence electrons. The topological polar surface area (TPSA) is 210 Å². The SMILES string of the molecule is CCCNC[C@H]1c2cccc(c2)Cc2ccc(O)cc2-c2cc3c(c4c2[C@@H]2Oc5c(OC)c(OC)cc(CNC)c5[C@@H]2[C@@H]1O4)N[C@@H]1C=C[C@]2(C(=O)O)O[C@@]1(O3)[C@H](O)[C@@H](O)[C@@H]2O. The Bertz CT molecular complexity index is 2480. The molecule has 4 aromatic carbocycles. The van der Waals surface area contributed by atoms with E-state index in [1.54, 1.807) is 32.4 Å². The highest BCUT2D eigenvalue weighted by Crippen LogP contribution is 2.65. The van der Waals surface area contributed by atoms with Crippen molar-refractivity contribution in [3.8, 4) is 45.6 Å². The Kier molecular flexibility index (Phi) is 9.43. The van der Waals surface area contributed by atoms with Crippen LogP contribution in [0.15, 0.2) is 66.7 Å². The van der Waals surface area contributed by atoms with Gasteiger partial charge in [0.2, 0.25) is 11.4 Å². The zero-order chi connectivity index (χ0) is 42.5. The zero-order valence-corrected chi connectivity index (χ0v) is 34.1. The second-order valence-electron chi connectivity index (χ2n) is 16.7. The van der Waals surface area contributed by atoms with Crippen LogP contribution < -0.4 is 39.6 Å². The summed E-state index contributed by atoms with van der Waals surface area (Å²) in [6, 6.07) is 16.4. The van der Waals surface area contributed by atoms with E-state index in [4.69, 9.17) is 28.4 Å². The van der Waals surface area contributed by atoms with Crippen molar-refractivity contribution in [2.75, 3.05) is 39.7 Å². The van der Waals surface area contributed by atoms with E-state index in [2.05, 4.69) is 47.1 Å². The molecule has 1 saturated heterocycles. The molecule has 11 rings (SSSR count). The summed E-state index contributed by atoms with van der Waals surface area (Å²) < 4.78 is 39.6. The fourth-order valence-electron chi connectivity index (χ4n) is 10.5. The number of aromatic hydroxyl groups is 1. The Morgan fingerprint density at radius 2 is 1.82 bits per heavy atom. The summed E-state index contributed by atoms with van der Waals surface area (Å²) in [5, 5.41) is 65.9. The van der Waals surface area contributed by atoms with Crippen molar-refractivity contribution < 1.29 is 58.7 Å². The molecular formula is C46H49N3O12. The highest BCUT2D eigenvalue weighted by atomic mass is 16.7. The van der Waals surface area contributed by atoms with Crippen LogP contribution in [0, 0.1) is 0 Å². The molecule has 1 fully saturated rings. The lowest BCUT2D eigenvalue weighted by Gasteiger charge is -2.57. The summed E-state index contributed by atoms with van der Waals surface area (Å²) in [6.45, 7) is 3.95. The minimum atomic E-state index is -2.42. The predicted octanol–water partition coefficient (Wildman–Crippen LogP) is 3.84. The molecule has 4 aromatic rings. The highest BCUT2D eigenvalue weighted by molar-refractivity contribution is 5.87. The lowest BCUT2D eigenvalue weighted by Crippen LogP contribution is -2.79. The van der Waals surface area contributed by atoms with Crippen LogP contribution in [0.4, 0.5) is 5.69 Å². The minimum absolute atomic E-state index is 0.0159. The molecule has 10 atom stereocenters. The van der Waals surface area contributed by atoms with Crippen LogP contribution >= 0.6 is 0 Å². The Morgan fingerprint density at radius 3 is 2.57 bits per heavy atom. The smallest absolute Gasteiger partial charge is 0.343 e. The number of carbonyl (C=O) groups is 1. The Hall–Kier alpha value is -5.55. The van der Waals surface area contributed by atoms with Gasteiger partial charge in [-0.25, -0.2) is 4.79 Å². The van der Waals surface area contributed by atoms with Gasteiger partial charge >= 0.3 is 5.97 Å². The summed E-state index contributed by atoms with van der Waals surface area (Å²) in [5.74, 6) is -2.41. The van der Waals surface area contributed by atoms with Gasteiger partial charge in [0.05, 0.1) is 20.1 Å². The summed E-state index contributed by atoms with van der Waals surface area (Å²) in [7, 11) is 5.06. The van der Waals surface area contributed by atoms with Crippen molar-refractivity contribution in [3.63, 3.8) is 0 Å². The highest BCUT2D eigenvalue weighted by Gasteiger charge is 2.70. The van der Waals surface area contributed by atoms with Crippen molar-refractivity contribution in [2.45, 2.75) is 86.1 Å². The lowest BCUT2D eigenvalue weighted by molar-refractivity contribution is -0.356. The van der Waals surface area contributed by atoms with E-state index in [0.29, 0.717) is 64.9 Å². The van der Waals surface area contributed by atoms with Gasteiger partial charge in [-0.05, 0) is 90.2 Å². The molecule has 8 bridgehead atoms. The maximum absolute atomic E-state index is 12.8. The van der Waals surface area contributed by atoms with E-state index >= 15 is 0 Å². The molecule has 6 heterocycles. The molecule has 0 amide bonds. The Labute approximate surface area is 351 Å². The number of carboxylic acid groups (broad SMARTS) is 1. The third-order valence-corrected chi connectivity index (χ3v) is 13.2. The van der Waals surface area contributed by atoms with Gasteiger partial charge in [0.1, 0.15) is 41.9 Å². The number of carboxylic acids is 1. The number of anilines is 1. The van der Waals surface area contributed by atoms with Gasteiger partial charge in [0.15, 0.2) is 29.1 Å². The molecule has 0 unspecified atom stereocenters. The fraction of sp³-hybridized carbons (Fsp3) is 0.413. The number of rotatable bonds is 9. The van der Waals surface area contributed by atoms with Crippen LogP contribution in [0.3, 0.4) is 0 Å². The first-order chi connectivity index (χ1) is 29.5. The normalized spacial score (nSPS) is 30.6. The predicted molar refractivity (Wildman–Crippen MR) is 221 cm³/mol. The number of nitrogens with one attached hydrogen (secondary N) is 3. The summed E-state index contributed by atoms with van der Waals surface area (Å²) in [5.41, 5.74) is 4.70. The van der Waals surface area contributed by atoms with Crippen LogP contribution in [-0.4, -0.2) is 108 Å². The van der Waals surface area contributed by atoms with Crippen LogP contribution in [0.1, 0.15) is 64.7 Å². The third kappa shape index (κ3) is 5.68. The van der Waals surface area contributed by atoms with Crippen LogP contribution in [0.5, 0.6) is 34.5 Å². The first kappa shape index (κ1) is 39.6. The molecule has 0 saturated carbocycles. The molecule has 6 aliphatic heterocycles. The fourth-order valence-corrected chi connectivity index (χ4v) is 10.5. The first-order valence-corrected chi connectivity index (χ1v) is 20.7. The van der Waals surface area contributed by atoms with Gasteiger partial charge in [0, 0.05) is 30.1 Å². The number of phenolic OH excluding ortho intramolecular Hbond substituents is 1. The van der Waals surface area contributed by atoms with E-state index in [1.165, 1.54) is 12.2 Å². The third-order valence-electron chi connectivity index (χ3n) is 13.2. The van der Waals surface area contributed by atoms with Gasteiger partial charge in [-0.2, -0.15) is 0 Å². The summed E-state index contributed by atoms with van der Waals surface area (Å²) >= 11 is 0. The number of methoxy groups -OCH3 is 2. The van der Waals surface area contributed by atoms with Gasteiger partial charge in [-0.15, -0.1) is 0 Å². The second kappa shape index (κ2) is 14.5. The zero-order valence-electron chi connectivity index (χ0n) is 34.1. The maximum atomic E-state index is 12.8. The molecule has 15 nitrogen and oxygen atoms in total. The minimum Gasteiger partial charge on any atom is -0.508 e. The monoisotopic (exact) mass is 835 g/mol. The van der Waals surface area contributed by atoms with E-state index in [9.17, 15) is 30.3 Å². The quantitative estimate of drug-likeness (QED) is 0.0890. The number of aliphatic carboxylic acids is 1. The van der Waals surface area contributed by atoms with Crippen molar-refractivity contribution in [3.05, 3.63) is 100 Å². The van der Waals surface area contributed by atoms with Crippen LogP contribution in [0.25, 0.3) is 11.1 Å². The molecule has 61 heavy (non-hydrogen) atoms. The molecule has 15 heteroatoms. The molecule has 8 N–H and O–H groups in total. The lowest BCUT2D eigenvalue weighted by atomic mass is 9.72. The average molecular weight is 836 g/mol. The standard InChI is InChI=1S/C46H49N3O12/c1-5-13-48-20-28-22-8-6-7-21(14-22)15-23-9-10-25(50)17-26(23)27-18-29-35(49-31-11-12-45(44(54)55)42(52)36(51)43(53)46(31,60-29)61-45)40-33(27)39-34(37(28)58-40)32-24(19-47-2)16-30(56-3)38(57-4)41(32)59-39/h6-12,14,16-18,28,31,34,36-37,39,42-43,47-53H,5,13,15,19-20H2,1-4H3,(H,54,55)/t28-,31+,34+,36-,37+,39-,42-,43+,45-,46+/m0/s1. The van der Waals surface area contributed by atoms with Crippen molar-refractivity contribution >= 4 is 11.7 Å². The number of phenols is 1.